The summed E-state index contributed by atoms with van der Waals surface area (Å²) in [6.07, 6.45) is 0.814. The normalized spacial score (nSPS) is 22.9. The number of rotatable bonds is 7. The maximum absolute atomic E-state index is 12.1. The van der Waals surface area contributed by atoms with Gasteiger partial charge in [0, 0.05) is 19.6 Å². The molecule has 0 radical (unpaired) electrons. The van der Waals surface area contributed by atoms with Crippen LogP contribution in [0, 0.1) is 11.8 Å². The number of carboxylic acids is 1. The minimum absolute atomic E-state index is 0.00899. The molecule has 0 spiro atoms. The van der Waals surface area contributed by atoms with Crippen molar-refractivity contribution in [2.45, 2.75) is 39.2 Å². The minimum atomic E-state index is -3.72. The summed E-state index contributed by atoms with van der Waals surface area (Å²) in [6.45, 7) is 4.15. The second kappa shape index (κ2) is 7.35. The molecule has 0 bridgehead atoms. The van der Waals surface area contributed by atoms with Crippen LogP contribution in [0.2, 0.25) is 0 Å². The number of piperidine rings is 1. The van der Waals surface area contributed by atoms with Crippen molar-refractivity contribution >= 4 is 16.2 Å². The molecule has 0 aliphatic carbocycles. The van der Waals surface area contributed by atoms with Gasteiger partial charge in [0.15, 0.2) is 0 Å². The predicted molar refractivity (Wildman–Crippen MR) is 74.3 cm³/mol. The Morgan fingerprint density at radius 2 is 2.10 bits per heavy atom. The molecule has 0 saturated carbocycles. The van der Waals surface area contributed by atoms with Gasteiger partial charge in [0.25, 0.3) is 10.2 Å². The first kappa shape index (κ1) is 17.4. The van der Waals surface area contributed by atoms with Crippen LogP contribution in [0.15, 0.2) is 0 Å². The molecule has 1 aliphatic heterocycles. The van der Waals surface area contributed by atoms with Gasteiger partial charge in [0.2, 0.25) is 0 Å². The highest BCUT2D eigenvalue weighted by Gasteiger charge is 2.32. The molecule has 3 N–H and O–H groups in total. The summed E-state index contributed by atoms with van der Waals surface area (Å²) in [6, 6.07) is 0. The molecule has 1 rings (SSSR count). The van der Waals surface area contributed by atoms with Crippen molar-refractivity contribution in [2.24, 2.45) is 11.8 Å². The van der Waals surface area contributed by atoms with Gasteiger partial charge in [-0.15, -0.1) is 0 Å². The smallest absolute Gasteiger partial charge is 0.307 e. The number of hydrogen-bond acceptors (Lipinski definition) is 4. The van der Waals surface area contributed by atoms with Crippen molar-refractivity contribution in [3.63, 3.8) is 0 Å². The van der Waals surface area contributed by atoms with E-state index in [1.165, 1.54) is 0 Å². The summed E-state index contributed by atoms with van der Waals surface area (Å²) in [4.78, 5) is 10.9. The van der Waals surface area contributed by atoms with E-state index in [0.717, 1.165) is 4.31 Å². The molecule has 0 aromatic rings. The number of carbonyl (C=O) groups is 1. The van der Waals surface area contributed by atoms with E-state index in [1.54, 1.807) is 0 Å². The van der Waals surface area contributed by atoms with Crippen LogP contribution in [0.5, 0.6) is 0 Å². The van der Waals surface area contributed by atoms with E-state index < -0.39 is 28.2 Å². The van der Waals surface area contributed by atoms with Crippen LogP contribution in [0.25, 0.3) is 0 Å². The number of carboxylic acid groups (broad SMARTS) is 1. The van der Waals surface area contributed by atoms with Crippen LogP contribution in [0.1, 0.15) is 33.1 Å². The lowest BCUT2D eigenvalue weighted by molar-refractivity contribution is -0.142. The molecular weight excluding hydrogens is 284 g/mol. The fourth-order valence-electron chi connectivity index (χ4n) is 2.28. The zero-order chi connectivity index (χ0) is 15.3. The second-order valence-electron chi connectivity index (χ2n) is 5.67. The van der Waals surface area contributed by atoms with Gasteiger partial charge in [0.05, 0.1) is 12.0 Å². The van der Waals surface area contributed by atoms with Crippen LogP contribution in [0.4, 0.5) is 0 Å². The molecule has 1 heterocycles. The quantitative estimate of drug-likeness (QED) is 0.615. The van der Waals surface area contributed by atoms with Crippen molar-refractivity contribution in [2.75, 3.05) is 19.6 Å². The molecule has 1 saturated heterocycles. The van der Waals surface area contributed by atoms with E-state index >= 15 is 0 Å². The molecule has 1 fully saturated rings. The second-order valence-corrected chi connectivity index (χ2v) is 7.43. The highest BCUT2D eigenvalue weighted by molar-refractivity contribution is 7.87. The summed E-state index contributed by atoms with van der Waals surface area (Å²) in [7, 11) is -3.72. The highest BCUT2D eigenvalue weighted by Crippen LogP contribution is 2.18. The van der Waals surface area contributed by atoms with E-state index in [2.05, 4.69) is 4.72 Å². The van der Waals surface area contributed by atoms with Crippen molar-refractivity contribution in [3.8, 4) is 0 Å². The highest BCUT2D eigenvalue weighted by atomic mass is 32.2. The summed E-state index contributed by atoms with van der Waals surface area (Å²) in [5, 5.41) is 18.6. The molecule has 20 heavy (non-hydrogen) atoms. The molecular formula is C12H24N2O5S. The van der Waals surface area contributed by atoms with Crippen LogP contribution < -0.4 is 4.72 Å². The van der Waals surface area contributed by atoms with Crippen molar-refractivity contribution in [1.29, 1.82) is 0 Å². The first-order chi connectivity index (χ1) is 9.22. The van der Waals surface area contributed by atoms with Crippen LogP contribution in [0.3, 0.4) is 0 Å². The number of nitrogens with zero attached hydrogens (tertiary/aromatic N) is 1. The fourth-order valence-corrected chi connectivity index (χ4v) is 3.61. The van der Waals surface area contributed by atoms with E-state index in [4.69, 9.17) is 5.11 Å². The van der Waals surface area contributed by atoms with Crippen LogP contribution in [-0.4, -0.2) is 54.6 Å². The minimum Gasteiger partial charge on any atom is -0.481 e. The molecule has 0 aromatic carbocycles. The lowest BCUT2D eigenvalue weighted by Crippen LogP contribution is -2.48. The first-order valence-electron chi connectivity index (χ1n) is 6.88. The van der Waals surface area contributed by atoms with Gasteiger partial charge in [-0.05, 0) is 25.2 Å². The van der Waals surface area contributed by atoms with Crippen LogP contribution in [-0.2, 0) is 15.0 Å². The zero-order valence-electron chi connectivity index (χ0n) is 11.9. The zero-order valence-corrected chi connectivity index (χ0v) is 12.8. The molecule has 0 aromatic heterocycles. The molecule has 8 heteroatoms. The maximum Gasteiger partial charge on any atom is 0.307 e. The number of aliphatic hydroxyl groups is 1. The molecule has 1 aliphatic rings. The average Bonchev–Trinajstić information content (AvgIpc) is 2.36. The first-order valence-corrected chi connectivity index (χ1v) is 8.32. The standard InChI is InChI=1S/C12H24N2O5S/c1-9(2)6-11(15)7-13-20(18,19)14-5-3-4-10(8-14)12(16)17/h9-11,13,15H,3-8H2,1-2H3,(H,16,17). The Balaban J connectivity index is 2.53. The predicted octanol–water partition coefficient (Wildman–Crippen LogP) is 0.0244. The van der Waals surface area contributed by atoms with Gasteiger partial charge in [-0.2, -0.15) is 17.4 Å². The summed E-state index contributed by atoms with van der Waals surface area (Å²) in [5.74, 6) is -1.34. The Labute approximate surface area is 120 Å². The average molecular weight is 308 g/mol. The summed E-state index contributed by atoms with van der Waals surface area (Å²) in [5.41, 5.74) is 0. The Kier molecular flexibility index (Phi) is 6.38. The Bertz CT molecular complexity index is 424. The molecule has 7 nitrogen and oxygen atoms in total. The van der Waals surface area contributed by atoms with Crippen molar-refractivity contribution in [3.05, 3.63) is 0 Å². The van der Waals surface area contributed by atoms with E-state index in [9.17, 15) is 18.3 Å². The molecule has 2 atom stereocenters. The number of nitrogens with one attached hydrogen (secondary N) is 1. The third-order valence-electron chi connectivity index (χ3n) is 3.32. The summed E-state index contributed by atoms with van der Waals surface area (Å²) < 4.78 is 27.6. The lowest BCUT2D eigenvalue weighted by Gasteiger charge is -2.30. The molecule has 118 valence electrons. The van der Waals surface area contributed by atoms with Crippen molar-refractivity contribution < 1.29 is 23.4 Å². The Morgan fingerprint density at radius 3 is 2.65 bits per heavy atom. The van der Waals surface area contributed by atoms with Gasteiger partial charge in [-0.1, -0.05) is 13.8 Å². The third-order valence-corrected chi connectivity index (χ3v) is 4.86. The molecule has 0 amide bonds. The largest absolute Gasteiger partial charge is 0.481 e. The van der Waals surface area contributed by atoms with Gasteiger partial charge < -0.3 is 10.2 Å². The van der Waals surface area contributed by atoms with E-state index in [-0.39, 0.29) is 19.0 Å². The summed E-state index contributed by atoms with van der Waals surface area (Å²) >= 11 is 0. The maximum atomic E-state index is 12.1. The fraction of sp³-hybridized carbons (Fsp3) is 0.917. The SMILES string of the molecule is CC(C)CC(O)CNS(=O)(=O)N1CCCC(C(=O)O)C1. The number of hydrogen-bond donors (Lipinski definition) is 3. The van der Waals surface area contributed by atoms with E-state index in [1.807, 2.05) is 13.8 Å². The third kappa shape index (κ3) is 5.35. The molecule has 2 unspecified atom stereocenters. The van der Waals surface area contributed by atoms with Crippen LogP contribution >= 0.6 is 0 Å². The van der Waals surface area contributed by atoms with Crippen molar-refractivity contribution in [1.82, 2.24) is 9.03 Å². The topological polar surface area (TPSA) is 107 Å². The Morgan fingerprint density at radius 1 is 1.45 bits per heavy atom. The Hall–Kier alpha value is -0.700. The van der Waals surface area contributed by atoms with Gasteiger partial charge in [-0.3, -0.25) is 4.79 Å². The van der Waals surface area contributed by atoms with Gasteiger partial charge in [-0.25, -0.2) is 0 Å². The van der Waals surface area contributed by atoms with Gasteiger partial charge >= 0.3 is 5.97 Å². The lowest BCUT2D eigenvalue weighted by atomic mass is 10.0. The number of aliphatic hydroxyl groups excluding tert-OH is 1. The number of aliphatic carboxylic acids is 1. The van der Waals surface area contributed by atoms with Gasteiger partial charge in [0.1, 0.15) is 0 Å². The van der Waals surface area contributed by atoms with E-state index in [0.29, 0.717) is 25.8 Å². The monoisotopic (exact) mass is 308 g/mol.